The van der Waals surface area contributed by atoms with Gasteiger partial charge in [-0.15, -0.1) is 0 Å². The summed E-state index contributed by atoms with van der Waals surface area (Å²) in [6.07, 6.45) is -1.21. The molecule has 158 valence electrons. The van der Waals surface area contributed by atoms with E-state index in [-0.39, 0.29) is 11.7 Å². The molecule has 0 aliphatic rings. The second-order valence-electron chi connectivity index (χ2n) is 7.86. The van der Waals surface area contributed by atoms with Gasteiger partial charge in [0, 0.05) is 23.2 Å². The summed E-state index contributed by atoms with van der Waals surface area (Å²) in [4.78, 5) is 24.2. The van der Waals surface area contributed by atoms with Gasteiger partial charge in [-0.3, -0.25) is 14.7 Å². The van der Waals surface area contributed by atoms with Crippen LogP contribution in [-0.2, 0) is 15.0 Å². The van der Waals surface area contributed by atoms with E-state index in [1.807, 2.05) is 0 Å². The second-order valence-corrected chi connectivity index (χ2v) is 7.86. The maximum absolute atomic E-state index is 13.6. The lowest BCUT2D eigenvalue weighted by atomic mass is 9.81. The van der Waals surface area contributed by atoms with Gasteiger partial charge in [0.05, 0.1) is 0 Å². The normalized spacial score (nSPS) is 13.8. The highest BCUT2D eigenvalue weighted by atomic mass is 19.1. The van der Waals surface area contributed by atoms with E-state index in [0.717, 1.165) is 6.07 Å². The zero-order chi connectivity index (χ0) is 21.9. The fraction of sp³-hybridized carbons (Fsp3) is 0.450. The topological polar surface area (TPSA) is 107 Å². The standard InChI is InChI=1S/C20H26F2N4O3/c1-10(2)17(27)19(29)23-11(3)18(28)24-16-9-15(25-26-16)20(4,5)12-6-13(21)8-14(22)7-12/h6-11,17,27H,1-5H3,(H,23,29)(H2,24,25,26,28). The fourth-order valence-corrected chi connectivity index (χ4v) is 2.68. The SMILES string of the molecule is CC(NC(=O)C(O)C(C)C)C(=O)Nc1cc(C(C)(C)c2cc(F)cc(F)c2)[nH]n1. The van der Waals surface area contributed by atoms with Crippen LogP contribution in [-0.4, -0.2) is 39.3 Å². The molecule has 1 aromatic heterocycles. The summed E-state index contributed by atoms with van der Waals surface area (Å²) in [5.74, 6) is -2.63. The van der Waals surface area contributed by atoms with Crippen molar-refractivity contribution in [2.45, 2.75) is 52.2 Å². The van der Waals surface area contributed by atoms with Crippen LogP contribution in [0.4, 0.5) is 14.6 Å². The van der Waals surface area contributed by atoms with Crippen LogP contribution in [0.2, 0.25) is 0 Å². The number of aromatic nitrogens is 2. The van der Waals surface area contributed by atoms with E-state index < -0.39 is 41.0 Å². The van der Waals surface area contributed by atoms with E-state index in [1.54, 1.807) is 33.8 Å². The molecule has 0 radical (unpaired) electrons. The number of nitrogens with one attached hydrogen (secondary N) is 3. The number of aliphatic hydroxyl groups is 1. The average Bonchev–Trinajstić information content (AvgIpc) is 3.09. The van der Waals surface area contributed by atoms with Crippen LogP contribution in [0, 0.1) is 17.6 Å². The van der Waals surface area contributed by atoms with Gasteiger partial charge in [-0.1, -0.05) is 27.7 Å². The van der Waals surface area contributed by atoms with Crippen LogP contribution in [0.15, 0.2) is 24.3 Å². The molecule has 1 heterocycles. The molecular weight excluding hydrogens is 382 g/mol. The Balaban J connectivity index is 2.09. The molecule has 0 fully saturated rings. The minimum absolute atomic E-state index is 0.195. The molecule has 0 spiro atoms. The van der Waals surface area contributed by atoms with Crippen LogP contribution >= 0.6 is 0 Å². The Morgan fingerprint density at radius 1 is 1.07 bits per heavy atom. The number of hydrogen-bond acceptors (Lipinski definition) is 4. The number of carbonyl (C=O) groups is 2. The summed E-state index contributed by atoms with van der Waals surface area (Å²) in [5.41, 5.74) is 0.129. The number of amides is 2. The minimum Gasteiger partial charge on any atom is -0.383 e. The van der Waals surface area contributed by atoms with Crippen LogP contribution in [0.1, 0.15) is 45.9 Å². The number of aliphatic hydroxyl groups excluding tert-OH is 1. The molecule has 2 aromatic rings. The van der Waals surface area contributed by atoms with Crippen LogP contribution in [0.5, 0.6) is 0 Å². The number of aromatic amines is 1. The van der Waals surface area contributed by atoms with E-state index in [4.69, 9.17) is 0 Å². The fourth-order valence-electron chi connectivity index (χ4n) is 2.68. The minimum atomic E-state index is -1.21. The monoisotopic (exact) mass is 408 g/mol. The van der Waals surface area contributed by atoms with Crippen molar-refractivity contribution < 1.29 is 23.5 Å². The van der Waals surface area contributed by atoms with E-state index in [1.165, 1.54) is 19.1 Å². The molecule has 0 aliphatic carbocycles. The Kier molecular flexibility index (Phi) is 6.73. The van der Waals surface area contributed by atoms with Crippen molar-refractivity contribution in [2.24, 2.45) is 5.92 Å². The first-order chi connectivity index (χ1) is 13.4. The summed E-state index contributed by atoms with van der Waals surface area (Å²) in [6.45, 7) is 8.37. The average molecular weight is 408 g/mol. The number of halogens is 2. The molecule has 2 atom stereocenters. The highest BCUT2D eigenvalue weighted by Crippen LogP contribution is 2.32. The first-order valence-electron chi connectivity index (χ1n) is 9.23. The molecule has 9 heteroatoms. The second kappa shape index (κ2) is 8.69. The Bertz CT molecular complexity index is 875. The number of H-pyrrole nitrogens is 1. The van der Waals surface area contributed by atoms with Gasteiger partial charge < -0.3 is 15.7 Å². The Labute approximate surface area is 167 Å². The lowest BCUT2D eigenvalue weighted by molar-refractivity contribution is -0.134. The predicted molar refractivity (Wildman–Crippen MR) is 104 cm³/mol. The molecule has 2 unspecified atom stereocenters. The number of anilines is 1. The molecule has 0 bridgehead atoms. The molecule has 1 aromatic carbocycles. The molecule has 7 nitrogen and oxygen atoms in total. The van der Waals surface area contributed by atoms with Gasteiger partial charge in [-0.2, -0.15) is 5.10 Å². The van der Waals surface area contributed by atoms with E-state index in [9.17, 15) is 23.5 Å². The quantitative estimate of drug-likeness (QED) is 0.565. The predicted octanol–water partition coefficient (Wildman–Crippen LogP) is 2.47. The zero-order valence-corrected chi connectivity index (χ0v) is 17.0. The number of hydrogen-bond donors (Lipinski definition) is 4. The number of nitrogens with zero attached hydrogens (tertiary/aromatic N) is 1. The summed E-state index contributed by atoms with van der Waals surface area (Å²) in [6, 6.07) is 3.92. The van der Waals surface area contributed by atoms with E-state index in [2.05, 4.69) is 20.8 Å². The number of benzene rings is 1. The van der Waals surface area contributed by atoms with Crippen molar-refractivity contribution in [3.8, 4) is 0 Å². The van der Waals surface area contributed by atoms with Crippen molar-refractivity contribution in [1.29, 1.82) is 0 Å². The largest absolute Gasteiger partial charge is 0.383 e. The summed E-state index contributed by atoms with van der Waals surface area (Å²) in [7, 11) is 0. The van der Waals surface area contributed by atoms with Gasteiger partial charge in [0.25, 0.3) is 0 Å². The highest BCUT2D eigenvalue weighted by Gasteiger charge is 2.28. The summed E-state index contributed by atoms with van der Waals surface area (Å²) < 4.78 is 27.2. The maximum atomic E-state index is 13.6. The Hall–Kier alpha value is -2.81. The molecule has 0 saturated heterocycles. The lowest BCUT2D eigenvalue weighted by Gasteiger charge is -2.23. The van der Waals surface area contributed by atoms with Crippen LogP contribution < -0.4 is 10.6 Å². The molecule has 4 N–H and O–H groups in total. The smallest absolute Gasteiger partial charge is 0.249 e. The highest BCUT2D eigenvalue weighted by molar-refractivity contribution is 5.96. The van der Waals surface area contributed by atoms with E-state index >= 15 is 0 Å². The Morgan fingerprint density at radius 3 is 2.21 bits per heavy atom. The van der Waals surface area contributed by atoms with Crippen LogP contribution in [0.3, 0.4) is 0 Å². The van der Waals surface area contributed by atoms with Crippen molar-refractivity contribution in [3.05, 3.63) is 47.2 Å². The molecule has 29 heavy (non-hydrogen) atoms. The van der Waals surface area contributed by atoms with Crippen molar-refractivity contribution in [3.63, 3.8) is 0 Å². The number of rotatable bonds is 7. The van der Waals surface area contributed by atoms with Crippen LogP contribution in [0.25, 0.3) is 0 Å². The van der Waals surface area contributed by atoms with Crippen molar-refractivity contribution in [2.75, 3.05) is 5.32 Å². The third-order valence-electron chi connectivity index (χ3n) is 4.74. The molecule has 0 saturated carbocycles. The Morgan fingerprint density at radius 2 is 1.66 bits per heavy atom. The molecule has 2 amide bonds. The van der Waals surface area contributed by atoms with Gasteiger partial charge >= 0.3 is 0 Å². The van der Waals surface area contributed by atoms with Gasteiger partial charge in [-0.25, -0.2) is 8.78 Å². The number of carbonyl (C=O) groups excluding carboxylic acids is 2. The molecule has 0 aliphatic heterocycles. The molecule has 2 rings (SSSR count). The van der Waals surface area contributed by atoms with Gasteiger partial charge in [0.2, 0.25) is 11.8 Å². The van der Waals surface area contributed by atoms with Gasteiger partial charge in [0.15, 0.2) is 5.82 Å². The summed E-state index contributed by atoms with van der Waals surface area (Å²) >= 11 is 0. The first kappa shape index (κ1) is 22.5. The van der Waals surface area contributed by atoms with Gasteiger partial charge in [0.1, 0.15) is 23.8 Å². The first-order valence-corrected chi connectivity index (χ1v) is 9.23. The summed E-state index contributed by atoms with van der Waals surface area (Å²) in [5, 5.41) is 21.5. The zero-order valence-electron chi connectivity index (χ0n) is 17.0. The molecular formula is C20H26F2N4O3. The maximum Gasteiger partial charge on any atom is 0.249 e. The lowest BCUT2D eigenvalue weighted by Crippen LogP contribution is -2.47. The van der Waals surface area contributed by atoms with Crippen molar-refractivity contribution in [1.82, 2.24) is 15.5 Å². The van der Waals surface area contributed by atoms with Gasteiger partial charge in [-0.05, 0) is 30.5 Å². The third kappa shape index (κ3) is 5.38. The third-order valence-corrected chi connectivity index (χ3v) is 4.74. The van der Waals surface area contributed by atoms with Crippen molar-refractivity contribution >= 4 is 17.6 Å². The van der Waals surface area contributed by atoms with E-state index in [0.29, 0.717) is 11.3 Å².